The molecular formula is C25H27N5. The van der Waals surface area contributed by atoms with E-state index in [4.69, 9.17) is 4.98 Å². The van der Waals surface area contributed by atoms with Crippen molar-refractivity contribution < 1.29 is 0 Å². The number of anilines is 3. The Hall–Kier alpha value is -3.05. The lowest BCUT2D eigenvalue weighted by molar-refractivity contribution is 0.192. The summed E-state index contributed by atoms with van der Waals surface area (Å²) >= 11 is 0. The maximum absolute atomic E-state index is 4.74. The highest BCUT2D eigenvalue weighted by atomic mass is 15.4. The van der Waals surface area contributed by atoms with Crippen LogP contribution in [0.3, 0.4) is 0 Å². The first kappa shape index (κ1) is 17.8. The molecule has 30 heavy (non-hydrogen) atoms. The van der Waals surface area contributed by atoms with Crippen LogP contribution in [0, 0.1) is 0 Å². The van der Waals surface area contributed by atoms with Crippen LogP contribution in [-0.4, -0.2) is 24.1 Å². The molecule has 1 aromatic heterocycles. The summed E-state index contributed by atoms with van der Waals surface area (Å²) in [6, 6.07) is 24.5. The Morgan fingerprint density at radius 3 is 2.53 bits per heavy atom. The zero-order chi connectivity index (χ0) is 20.0. The predicted octanol–water partition coefficient (Wildman–Crippen LogP) is 4.48. The smallest absolute Gasteiger partial charge is 0.151 e. The van der Waals surface area contributed by atoms with Crippen molar-refractivity contribution in [2.75, 3.05) is 28.6 Å². The van der Waals surface area contributed by atoms with E-state index >= 15 is 0 Å². The third-order valence-electron chi connectivity index (χ3n) is 6.85. The third kappa shape index (κ3) is 2.55. The number of benzene rings is 2. The molecule has 3 aliphatic heterocycles. The largest absolute Gasteiger partial charge is 0.372 e. The summed E-state index contributed by atoms with van der Waals surface area (Å²) < 4.78 is 0. The fourth-order valence-corrected chi connectivity index (χ4v) is 5.62. The van der Waals surface area contributed by atoms with Crippen molar-refractivity contribution in [1.82, 2.24) is 10.3 Å². The molecule has 0 unspecified atom stereocenters. The average molecular weight is 398 g/mol. The van der Waals surface area contributed by atoms with E-state index in [1.165, 1.54) is 23.2 Å². The van der Waals surface area contributed by atoms with Gasteiger partial charge in [-0.25, -0.2) is 4.98 Å². The number of hydrogen-bond acceptors (Lipinski definition) is 5. The molecule has 6 rings (SSSR count). The van der Waals surface area contributed by atoms with Gasteiger partial charge < -0.3 is 15.5 Å². The third-order valence-corrected chi connectivity index (χ3v) is 6.85. The van der Waals surface area contributed by atoms with Gasteiger partial charge in [0.05, 0.1) is 11.7 Å². The lowest BCUT2D eigenvalue weighted by atomic mass is 9.78. The van der Waals surface area contributed by atoms with Gasteiger partial charge in [-0.3, -0.25) is 5.32 Å². The molecule has 0 saturated carbocycles. The molecule has 152 valence electrons. The molecule has 3 aromatic rings. The predicted molar refractivity (Wildman–Crippen MR) is 122 cm³/mol. The van der Waals surface area contributed by atoms with E-state index in [0.29, 0.717) is 6.04 Å². The highest BCUT2D eigenvalue weighted by molar-refractivity contribution is 5.85. The molecule has 2 aromatic carbocycles. The van der Waals surface area contributed by atoms with E-state index in [2.05, 4.69) is 87.6 Å². The minimum Gasteiger partial charge on any atom is -0.372 e. The molecule has 1 saturated heterocycles. The van der Waals surface area contributed by atoms with Gasteiger partial charge in [-0.1, -0.05) is 60.7 Å². The maximum atomic E-state index is 4.74. The minimum atomic E-state index is -0.380. The molecule has 4 heterocycles. The molecule has 0 amide bonds. The summed E-state index contributed by atoms with van der Waals surface area (Å²) in [7, 11) is 0. The molecule has 3 N–H and O–H groups in total. The zero-order valence-electron chi connectivity index (χ0n) is 17.0. The van der Waals surface area contributed by atoms with Crippen LogP contribution in [0.1, 0.15) is 36.4 Å². The Kier molecular flexibility index (Phi) is 4.16. The first-order valence-electron chi connectivity index (χ1n) is 11.0. The lowest BCUT2D eigenvalue weighted by Gasteiger charge is -2.60. The lowest BCUT2D eigenvalue weighted by Crippen LogP contribution is -2.70. The van der Waals surface area contributed by atoms with Gasteiger partial charge in [0.25, 0.3) is 0 Å². The van der Waals surface area contributed by atoms with Crippen molar-refractivity contribution in [3.8, 4) is 0 Å². The topological polar surface area (TPSA) is 52.2 Å². The average Bonchev–Trinajstić information content (AvgIpc) is 2.80. The second kappa shape index (κ2) is 7.03. The molecule has 5 heteroatoms. The van der Waals surface area contributed by atoms with Gasteiger partial charge in [0.2, 0.25) is 0 Å². The second-order valence-electron chi connectivity index (χ2n) is 8.48. The van der Waals surface area contributed by atoms with Crippen molar-refractivity contribution in [2.24, 2.45) is 0 Å². The number of hydrogen-bond donors (Lipinski definition) is 3. The number of nitrogens with one attached hydrogen (secondary N) is 3. The van der Waals surface area contributed by atoms with Crippen molar-refractivity contribution in [1.29, 1.82) is 0 Å². The van der Waals surface area contributed by atoms with Gasteiger partial charge in [0, 0.05) is 18.8 Å². The van der Waals surface area contributed by atoms with Crippen molar-refractivity contribution in [3.63, 3.8) is 0 Å². The van der Waals surface area contributed by atoms with E-state index in [1.807, 2.05) is 6.20 Å². The van der Waals surface area contributed by atoms with E-state index in [1.54, 1.807) is 0 Å². The van der Waals surface area contributed by atoms with Crippen molar-refractivity contribution in [3.05, 3.63) is 84.1 Å². The maximum Gasteiger partial charge on any atom is 0.151 e. The molecule has 5 nitrogen and oxygen atoms in total. The van der Waals surface area contributed by atoms with Crippen LogP contribution in [-0.2, 0) is 5.66 Å². The minimum absolute atomic E-state index is 0.0751. The normalized spacial score (nSPS) is 27.1. The van der Waals surface area contributed by atoms with Crippen molar-refractivity contribution >= 4 is 17.2 Å². The summed E-state index contributed by atoms with van der Waals surface area (Å²) in [4.78, 5) is 7.40. The fraction of sp³-hybridized carbons (Fsp3) is 0.320. The number of pyridine rings is 1. The highest BCUT2D eigenvalue weighted by Crippen LogP contribution is 2.54. The van der Waals surface area contributed by atoms with Crippen molar-refractivity contribution in [2.45, 2.75) is 37.0 Å². The van der Waals surface area contributed by atoms with Gasteiger partial charge in [0.1, 0.15) is 11.4 Å². The first-order chi connectivity index (χ1) is 14.9. The van der Waals surface area contributed by atoms with Crippen LogP contribution >= 0.6 is 0 Å². The monoisotopic (exact) mass is 397 g/mol. The van der Waals surface area contributed by atoms with Crippen LogP contribution in [0.5, 0.6) is 0 Å². The Labute approximate surface area is 177 Å². The van der Waals surface area contributed by atoms with Gasteiger partial charge >= 0.3 is 0 Å². The van der Waals surface area contributed by atoms with Crippen LogP contribution < -0.4 is 20.9 Å². The standard InChI is InChI=1S/C25H27N5/c1-3-8-18(9-4-1)23-25(19-10-5-2-6-11-19)28-17-13-20-12-7-15-26-24-22(30(20)25)21(29-23)14-16-27-24/h1-6,8-11,14,16,20,23,28-29H,7,12-13,15,17H2,(H,26,27)/t20-,23+,25-/m1/s1. The molecule has 3 aliphatic rings. The fourth-order valence-electron chi connectivity index (χ4n) is 5.62. The quantitative estimate of drug-likeness (QED) is 0.595. The van der Waals surface area contributed by atoms with Crippen LogP contribution in [0.4, 0.5) is 17.2 Å². The summed E-state index contributed by atoms with van der Waals surface area (Å²) in [6.45, 7) is 1.97. The van der Waals surface area contributed by atoms with E-state index in [9.17, 15) is 0 Å². The number of nitrogens with zero attached hydrogens (tertiary/aromatic N) is 2. The van der Waals surface area contributed by atoms with E-state index < -0.39 is 0 Å². The van der Waals surface area contributed by atoms with Gasteiger partial charge in [0.15, 0.2) is 5.82 Å². The van der Waals surface area contributed by atoms with E-state index in [0.717, 1.165) is 37.4 Å². The second-order valence-corrected chi connectivity index (χ2v) is 8.48. The molecule has 3 atom stereocenters. The Bertz CT molecular complexity index is 1040. The first-order valence-corrected chi connectivity index (χ1v) is 11.0. The number of aromatic nitrogens is 1. The molecular weight excluding hydrogens is 370 g/mol. The summed E-state index contributed by atoms with van der Waals surface area (Å²) in [5, 5.41) is 11.5. The van der Waals surface area contributed by atoms with Gasteiger partial charge in [-0.2, -0.15) is 0 Å². The Morgan fingerprint density at radius 2 is 1.70 bits per heavy atom. The summed E-state index contributed by atoms with van der Waals surface area (Å²) in [6.07, 6.45) is 5.39. The SMILES string of the molecule is c1ccc([C@@H]2Nc3ccnc4c3N3[C@H](CCCN4)CCN[C@@]23c2ccccc2)cc1. The molecule has 0 radical (unpaired) electrons. The zero-order valence-corrected chi connectivity index (χ0v) is 17.0. The summed E-state index contributed by atoms with van der Waals surface area (Å²) in [5.41, 5.74) is 4.55. The molecule has 1 fully saturated rings. The van der Waals surface area contributed by atoms with Crippen LogP contribution in [0.2, 0.25) is 0 Å². The Morgan fingerprint density at radius 1 is 0.900 bits per heavy atom. The van der Waals surface area contributed by atoms with Gasteiger partial charge in [-0.05, 0) is 43.0 Å². The molecule has 0 bridgehead atoms. The molecule has 0 spiro atoms. The Balaban J connectivity index is 1.66. The van der Waals surface area contributed by atoms with Crippen LogP contribution in [0.25, 0.3) is 0 Å². The van der Waals surface area contributed by atoms with Gasteiger partial charge in [-0.15, -0.1) is 0 Å². The van der Waals surface area contributed by atoms with Crippen LogP contribution in [0.15, 0.2) is 72.9 Å². The summed E-state index contributed by atoms with van der Waals surface area (Å²) in [5.74, 6) is 0.986. The highest BCUT2D eigenvalue weighted by Gasteiger charge is 2.54. The number of rotatable bonds is 2. The molecule has 0 aliphatic carbocycles. The van der Waals surface area contributed by atoms with E-state index in [-0.39, 0.29) is 11.7 Å².